The monoisotopic (exact) mass is 444 g/mol. The maximum absolute atomic E-state index is 13.0. The molecule has 0 radical (unpaired) electrons. The Kier molecular flexibility index (Phi) is 6.80. The molecular formula is C23H29ClN4O3. The van der Waals surface area contributed by atoms with Crippen molar-refractivity contribution in [3.63, 3.8) is 0 Å². The quantitative estimate of drug-likeness (QED) is 0.709. The number of hydrogen-bond donors (Lipinski definition) is 0. The molecule has 0 bridgehead atoms. The molecule has 0 unspecified atom stereocenters. The highest BCUT2D eigenvalue weighted by Crippen LogP contribution is 2.28. The van der Waals surface area contributed by atoms with E-state index in [4.69, 9.17) is 16.3 Å². The molecule has 0 saturated carbocycles. The highest BCUT2D eigenvalue weighted by molar-refractivity contribution is 6.30. The molecule has 2 atom stereocenters. The molecule has 31 heavy (non-hydrogen) atoms. The number of carbonyl (C=O) groups excluding carboxylic acids is 2. The molecule has 3 heterocycles. The van der Waals surface area contributed by atoms with Crippen molar-refractivity contribution in [1.29, 1.82) is 0 Å². The van der Waals surface area contributed by atoms with Crippen molar-refractivity contribution in [2.75, 3.05) is 26.2 Å². The van der Waals surface area contributed by atoms with E-state index in [1.807, 2.05) is 17.0 Å². The lowest BCUT2D eigenvalue weighted by atomic mass is 9.90. The van der Waals surface area contributed by atoms with Gasteiger partial charge in [-0.2, -0.15) is 5.10 Å². The molecule has 1 aromatic heterocycles. The Morgan fingerprint density at radius 1 is 1.13 bits per heavy atom. The van der Waals surface area contributed by atoms with Crippen LogP contribution in [0.2, 0.25) is 5.02 Å². The zero-order valence-corrected chi connectivity index (χ0v) is 18.6. The van der Waals surface area contributed by atoms with Crippen LogP contribution in [0.4, 0.5) is 0 Å². The van der Waals surface area contributed by atoms with Gasteiger partial charge in [-0.3, -0.25) is 14.3 Å². The highest BCUT2D eigenvalue weighted by Gasteiger charge is 2.36. The molecule has 2 aliphatic rings. The maximum atomic E-state index is 13.0. The summed E-state index contributed by atoms with van der Waals surface area (Å²) in [7, 11) is 1.79. The normalized spacial score (nSPS) is 21.7. The number of aryl methyl sites for hydroxylation is 1. The van der Waals surface area contributed by atoms with Crippen LogP contribution in [0.5, 0.6) is 5.75 Å². The number of benzene rings is 1. The average molecular weight is 445 g/mol. The lowest BCUT2D eigenvalue weighted by Crippen LogP contribution is -2.50. The minimum absolute atomic E-state index is 0.0881. The molecule has 2 aliphatic heterocycles. The van der Waals surface area contributed by atoms with Crippen LogP contribution in [0.15, 0.2) is 36.5 Å². The van der Waals surface area contributed by atoms with Gasteiger partial charge in [0, 0.05) is 63.2 Å². The van der Waals surface area contributed by atoms with Crippen LogP contribution in [0.1, 0.15) is 42.6 Å². The molecule has 166 valence electrons. The van der Waals surface area contributed by atoms with E-state index in [0.29, 0.717) is 42.4 Å². The number of likely N-dealkylation sites (tertiary alicyclic amines) is 2. The predicted octanol–water partition coefficient (Wildman–Crippen LogP) is 3.39. The molecule has 8 heteroatoms. The summed E-state index contributed by atoms with van der Waals surface area (Å²) < 4.78 is 7.89. The summed E-state index contributed by atoms with van der Waals surface area (Å²) >= 11 is 6.12. The second-order valence-corrected chi connectivity index (χ2v) is 8.87. The summed E-state index contributed by atoms with van der Waals surface area (Å²) in [6, 6.07) is 9.05. The van der Waals surface area contributed by atoms with E-state index in [0.717, 1.165) is 25.9 Å². The topological polar surface area (TPSA) is 67.7 Å². The van der Waals surface area contributed by atoms with Gasteiger partial charge in [-0.05, 0) is 43.5 Å². The number of halogens is 1. The summed E-state index contributed by atoms with van der Waals surface area (Å²) in [6.45, 7) is 2.68. The number of hydrogen-bond acceptors (Lipinski definition) is 4. The Morgan fingerprint density at radius 2 is 1.94 bits per heavy atom. The number of aromatic nitrogens is 2. The van der Waals surface area contributed by atoms with Crippen molar-refractivity contribution < 1.29 is 14.3 Å². The third kappa shape index (κ3) is 5.39. The Hall–Kier alpha value is -2.54. The van der Waals surface area contributed by atoms with Gasteiger partial charge in [-0.1, -0.05) is 17.7 Å². The lowest BCUT2D eigenvalue weighted by Gasteiger charge is -2.39. The fourth-order valence-corrected chi connectivity index (χ4v) is 4.63. The van der Waals surface area contributed by atoms with Crippen LogP contribution in [0, 0.1) is 5.92 Å². The predicted molar refractivity (Wildman–Crippen MR) is 118 cm³/mol. The molecule has 0 spiro atoms. The van der Waals surface area contributed by atoms with Gasteiger partial charge in [0.15, 0.2) is 0 Å². The van der Waals surface area contributed by atoms with Gasteiger partial charge in [0.1, 0.15) is 17.5 Å². The fraction of sp³-hybridized carbons (Fsp3) is 0.522. The van der Waals surface area contributed by atoms with E-state index in [-0.39, 0.29) is 23.8 Å². The van der Waals surface area contributed by atoms with Crippen LogP contribution >= 0.6 is 11.6 Å². The lowest BCUT2D eigenvalue weighted by molar-refractivity contribution is -0.134. The van der Waals surface area contributed by atoms with Gasteiger partial charge >= 0.3 is 0 Å². The SMILES string of the molecule is Cn1ccc(C(=O)N2CC[C@H](Oc3cccc(Cl)c3)[C@@H](CC(=O)N3CCCCC3)C2)n1. The minimum atomic E-state index is -0.153. The number of carbonyl (C=O) groups is 2. The van der Waals surface area contributed by atoms with Crippen LogP contribution in [0.25, 0.3) is 0 Å². The van der Waals surface area contributed by atoms with E-state index in [1.165, 1.54) is 6.42 Å². The summed E-state index contributed by atoms with van der Waals surface area (Å²) in [6.07, 6.45) is 5.94. The third-order valence-electron chi connectivity index (χ3n) is 6.11. The van der Waals surface area contributed by atoms with Crippen molar-refractivity contribution in [2.24, 2.45) is 13.0 Å². The summed E-state index contributed by atoms with van der Waals surface area (Å²) in [5, 5.41) is 4.86. The minimum Gasteiger partial charge on any atom is -0.490 e. The summed E-state index contributed by atoms with van der Waals surface area (Å²) in [4.78, 5) is 29.7. The average Bonchev–Trinajstić information content (AvgIpc) is 3.21. The first-order valence-corrected chi connectivity index (χ1v) is 11.4. The van der Waals surface area contributed by atoms with Crippen LogP contribution in [-0.2, 0) is 11.8 Å². The Morgan fingerprint density at radius 3 is 2.65 bits per heavy atom. The third-order valence-corrected chi connectivity index (χ3v) is 6.35. The van der Waals surface area contributed by atoms with E-state index in [2.05, 4.69) is 5.10 Å². The second kappa shape index (κ2) is 9.73. The maximum Gasteiger partial charge on any atom is 0.274 e. The smallest absolute Gasteiger partial charge is 0.274 e. The molecule has 1 aromatic carbocycles. The number of ether oxygens (including phenoxy) is 1. The summed E-state index contributed by atoms with van der Waals surface area (Å²) in [5.41, 5.74) is 0.429. The van der Waals surface area contributed by atoms with E-state index >= 15 is 0 Å². The molecule has 2 fully saturated rings. The molecule has 2 aromatic rings. The van der Waals surface area contributed by atoms with Gasteiger partial charge in [-0.25, -0.2) is 0 Å². The Labute approximate surface area is 187 Å². The van der Waals surface area contributed by atoms with E-state index < -0.39 is 0 Å². The van der Waals surface area contributed by atoms with Crippen molar-refractivity contribution in [2.45, 2.75) is 38.2 Å². The number of amides is 2. The van der Waals surface area contributed by atoms with Crippen LogP contribution < -0.4 is 4.74 Å². The first-order valence-electron chi connectivity index (χ1n) is 11.0. The molecule has 4 rings (SSSR count). The van der Waals surface area contributed by atoms with Crippen molar-refractivity contribution in [3.05, 3.63) is 47.2 Å². The highest BCUT2D eigenvalue weighted by atomic mass is 35.5. The van der Waals surface area contributed by atoms with Crippen molar-refractivity contribution >= 4 is 23.4 Å². The molecule has 2 saturated heterocycles. The largest absolute Gasteiger partial charge is 0.490 e. The van der Waals surface area contributed by atoms with Gasteiger partial charge in [0.25, 0.3) is 5.91 Å². The number of piperidine rings is 2. The zero-order valence-electron chi connectivity index (χ0n) is 17.9. The van der Waals surface area contributed by atoms with Crippen LogP contribution in [0.3, 0.4) is 0 Å². The van der Waals surface area contributed by atoms with E-state index in [1.54, 1.807) is 41.0 Å². The van der Waals surface area contributed by atoms with Gasteiger partial charge < -0.3 is 14.5 Å². The molecule has 0 aliphatic carbocycles. The molecule has 0 N–H and O–H groups in total. The Bertz CT molecular complexity index is 925. The van der Waals surface area contributed by atoms with Gasteiger partial charge in [0.05, 0.1) is 0 Å². The fourth-order valence-electron chi connectivity index (χ4n) is 4.45. The first kappa shape index (κ1) is 21.7. The van der Waals surface area contributed by atoms with Gasteiger partial charge in [0.2, 0.25) is 5.91 Å². The number of nitrogens with zero attached hydrogens (tertiary/aromatic N) is 4. The van der Waals surface area contributed by atoms with Gasteiger partial charge in [-0.15, -0.1) is 0 Å². The second-order valence-electron chi connectivity index (χ2n) is 8.43. The summed E-state index contributed by atoms with van der Waals surface area (Å²) in [5.74, 6) is 0.654. The van der Waals surface area contributed by atoms with E-state index in [9.17, 15) is 9.59 Å². The van der Waals surface area contributed by atoms with Crippen LogP contribution in [-0.4, -0.2) is 63.7 Å². The molecule has 2 amide bonds. The van der Waals surface area contributed by atoms with Crippen molar-refractivity contribution in [3.8, 4) is 5.75 Å². The zero-order chi connectivity index (χ0) is 21.8. The molecular weight excluding hydrogens is 416 g/mol. The first-order chi connectivity index (χ1) is 15.0. The molecule has 7 nitrogen and oxygen atoms in total. The number of rotatable bonds is 5. The van der Waals surface area contributed by atoms with Crippen molar-refractivity contribution in [1.82, 2.24) is 19.6 Å². The standard InChI is InChI=1S/C23H29ClN4O3/c1-26-12-8-20(25-26)23(30)28-13-9-21(31-19-7-5-6-18(24)15-19)17(16-28)14-22(29)27-10-3-2-4-11-27/h5-8,12,15,17,21H,2-4,9-11,13-14,16H2,1H3/t17-,21-/m0/s1. The Balaban J connectivity index is 1.48.